The Morgan fingerprint density at radius 3 is 2.00 bits per heavy atom. The summed E-state index contributed by atoms with van der Waals surface area (Å²) >= 11 is 0. The van der Waals surface area contributed by atoms with Gasteiger partial charge in [-0.15, -0.1) is 0 Å². The molecule has 3 nitrogen and oxygen atoms in total. The summed E-state index contributed by atoms with van der Waals surface area (Å²) in [6.45, 7) is 6.82. The molecule has 21 heavy (non-hydrogen) atoms. The highest BCUT2D eigenvalue weighted by Gasteiger charge is 2.23. The molecule has 0 spiro atoms. The topological polar surface area (TPSA) is 49.7 Å². The summed E-state index contributed by atoms with van der Waals surface area (Å²) in [6.07, 6.45) is 12.8. The summed E-state index contributed by atoms with van der Waals surface area (Å²) < 4.78 is 0. The second kappa shape index (κ2) is 14.5. The van der Waals surface area contributed by atoms with Crippen LogP contribution in [-0.2, 0) is 0 Å². The highest BCUT2D eigenvalue weighted by molar-refractivity contribution is 4.75. The van der Waals surface area contributed by atoms with Crippen molar-refractivity contribution in [1.82, 2.24) is 0 Å². The van der Waals surface area contributed by atoms with Crippen LogP contribution in [0.15, 0.2) is 5.18 Å². The third kappa shape index (κ3) is 10.9. The Kier molecular flexibility index (Phi) is 14.2. The second-order valence-corrected chi connectivity index (χ2v) is 6.55. The van der Waals surface area contributed by atoms with Crippen molar-refractivity contribution in [2.45, 2.75) is 97.5 Å². The standard InChI is InChI=1S/C18H37NO2/c1-4-6-8-9-10-11-12-13-17(15-19-21)16(3)18(20)14-7-5-2/h16-18,20H,4-15H2,1-3H3. The van der Waals surface area contributed by atoms with Crippen molar-refractivity contribution < 1.29 is 5.11 Å². The molecule has 0 aromatic rings. The van der Waals surface area contributed by atoms with Crippen molar-refractivity contribution in [2.75, 3.05) is 6.54 Å². The van der Waals surface area contributed by atoms with E-state index >= 15 is 0 Å². The molecule has 0 aromatic carbocycles. The van der Waals surface area contributed by atoms with E-state index in [0.29, 0.717) is 6.54 Å². The van der Waals surface area contributed by atoms with Crippen LogP contribution in [0.2, 0.25) is 0 Å². The molecule has 3 unspecified atom stereocenters. The van der Waals surface area contributed by atoms with Crippen molar-refractivity contribution >= 4 is 0 Å². The Labute approximate surface area is 131 Å². The first-order valence-corrected chi connectivity index (χ1v) is 9.14. The molecule has 0 amide bonds. The lowest BCUT2D eigenvalue weighted by atomic mass is 9.83. The van der Waals surface area contributed by atoms with Gasteiger partial charge in [-0.25, -0.2) is 0 Å². The molecule has 0 aliphatic carbocycles. The summed E-state index contributed by atoms with van der Waals surface area (Å²) in [5.74, 6) is 0.444. The Hall–Kier alpha value is -0.440. The van der Waals surface area contributed by atoms with Crippen LogP contribution in [0.25, 0.3) is 0 Å². The minimum Gasteiger partial charge on any atom is -0.393 e. The van der Waals surface area contributed by atoms with Gasteiger partial charge < -0.3 is 5.11 Å². The number of nitroso groups, excluding NO2 is 1. The predicted octanol–water partition coefficient (Wildman–Crippen LogP) is 5.70. The highest BCUT2D eigenvalue weighted by Crippen LogP contribution is 2.25. The van der Waals surface area contributed by atoms with Gasteiger partial charge in [-0.3, -0.25) is 0 Å². The maximum atomic E-state index is 10.6. The van der Waals surface area contributed by atoms with Crippen LogP contribution in [0.4, 0.5) is 0 Å². The third-order valence-corrected chi connectivity index (χ3v) is 4.69. The van der Waals surface area contributed by atoms with E-state index in [9.17, 15) is 10.0 Å². The second-order valence-electron chi connectivity index (χ2n) is 6.55. The van der Waals surface area contributed by atoms with Gasteiger partial charge in [-0.05, 0) is 24.7 Å². The molecular weight excluding hydrogens is 262 g/mol. The van der Waals surface area contributed by atoms with Crippen molar-refractivity contribution in [3.05, 3.63) is 4.91 Å². The molecule has 1 N–H and O–H groups in total. The van der Waals surface area contributed by atoms with Crippen molar-refractivity contribution in [1.29, 1.82) is 0 Å². The SMILES string of the molecule is CCCCCCCCCC(CN=O)C(C)C(O)CCCC. The van der Waals surface area contributed by atoms with Crippen LogP contribution in [0.3, 0.4) is 0 Å². The summed E-state index contributed by atoms with van der Waals surface area (Å²) in [5.41, 5.74) is 0. The maximum Gasteiger partial charge on any atom is 0.0842 e. The number of nitrogens with zero attached hydrogens (tertiary/aromatic N) is 1. The van der Waals surface area contributed by atoms with Crippen LogP contribution < -0.4 is 0 Å². The molecule has 3 atom stereocenters. The first kappa shape index (κ1) is 20.6. The maximum absolute atomic E-state index is 10.6. The molecule has 0 heterocycles. The van der Waals surface area contributed by atoms with Crippen molar-refractivity contribution in [2.24, 2.45) is 17.0 Å². The average Bonchev–Trinajstić information content (AvgIpc) is 2.49. The number of aliphatic hydroxyl groups is 1. The Morgan fingerprint density at radius 1 is 0.857 bits per heavy atom. The minimum absolute atomic E-state index is 0.189. The molecule has 0 aliphatic heterocycles. The zero-order valence-corrected chi connectivity index (χ0v) is 14.5. The van der Waals surface area contributed by atoms with E-state index in [1.54, 1.807) is 0 Å². The van der Waals surface area contributed by atoms with Gasteiger partial charge in [0.1, 0.15) is 0 Å². The van der Waals surface area contributed by atoms with Gasteiger partial charge >= 0.3 is 0 Å². The van der Waals surface area contributed by atoms with Gasteiger partial charge in [0.25, 0.3) is 0 Å². The molecule has 0 radical (unpaired) electrons. The van der Waals surface area contributed by atoms with Crippen LogP contribution in [0.5, 0.6) is 0 Å². The van der Waals surface area contributed by atoms with E-state index in [2.05, 4.69) is 25.9 Å². The lowest BCUT2D eigenvalue weighted by molar-refractivity contribution is 0.0714. The molecule has 3 heteroatoms. The molecular formula is C18H37NO2. The largest absolute Gasteiger partial charge is 0.393 e. The smallest absolute Gasteiger partial charge is 0.0842 e. The lowest BCUT2D eigenvalue weighted by Gasteiger charge is -2.26. The highest BCUT2D eigenvalue weighted by atomic mass is 16.3. The fraction of sp³-hybridized carbons (Fsp3) is 1.00. The van der Waals surface area contributed by atoms with Crippen molar-refractivity contribution in [3.8, 4) is 0 Å². The van der Waals surface area contributed by atoms with Crippen LogP contribution in [0, 0.1) is 16.7 Å². The van der Waals surface area contributed by atoms with Crippen LogP contribution >= 0.6 is 0 Å². The zero-order valence-electron chi connectivity index (χ0n) is 14.5. The van der Waals surface area contributed by atoms with Crippen LogP contribution in [0.1, 0.15) is 91.4 Å². The van der Waals surface area contributed by atoms with E-state index in [-0.39, 0.29) is 17.9 Å². The number of rotatable bonds is 15. The third-order valence-electron chi connectivity index (χ3n) is 4.69. The Bertz CT molecular complexity index is 233. The molecule has 126 valence electrons. The minimum atomic E-state index is -0.277. The van der Waals surface area contributed by atoms with E-state index in [0.717, 1.165) is 32.1 Å². The molecule has 0 aliphatic rings. The molecule has 0 rings (SSSR count). The first-order valence-electron chi connectivity index (χ1n) is 9.14. The average molecular weight is 299 g/mol. The van der Waals surface area contributed by atoms with Crippen molar-refractivity contribution in [3.63, 3.8) is 0 Å². The summed E-state index contributed by atoms with van der Waals surface area (Å²) in [6, 6.07) is 0. The molecule has 0 aromatic heterocycles. The number of unbranched alkanes of at least 4 members (excludes halogenated alkanes) is 7. The normalized spacial score (nSPS) is 15.6. The van der Waals surface area contributed by atoms with Gasteiger partial charge in [0.05, 0.1) is 12.6 Å². The van der Waals surface area contributed by atoms with E-state index in [1.807, 2.05) is 0 Å². The number of hydrogen-bond acceptors (Lipinski definition) is 3. The number of aliphatic hydroxyl groups excluding tert-OH is 1. The zero-order chi connectivity index (χ0) is 15.9. The number of hydrogen-bond donors (Lipinski definition) is 1. The monoisotopic (exact) mass is 299 g/mol. The summed E-state index contributed by atoms with van der Waals surface area (Å²) in [5, 5.41) is 13.3. The lowest BCUT2D eigenvalue weighted by Crippen LogP contribution is -2.27. The van der Waals surface area contributed by atoms with Gasteiger partial charge in [0.2, 0.25) is 0 Å². The summed E-state index contributed by atoms with van der Waals surface area (Å²) in [4.78, 5) is 10.6. The Morgan fingerprint density at radius 2 is 1.43 bits per heavy atom. The molecule has 0 bridgehead atoms. The summed E-state index contributed by atoms with van der Waals surface area (Å²) in [7, 11) is 0. The predicted molar refractivity (Wildman–Crippen MR) is 91.5 cm³/mol. The first-order chi connectivity index (χ1) is 10.2. The quantitative estimate of drug-likeness (QED) is 0.311. The van der Waals surface area contributed by atoms with E-state index < -0.39 is 0 Å². The molecule has 0 fully saturated rings. The van der Waals surface area contributed by atoms with Gasteiger partial charge in [0, 0.05) is 0 Å². The fourth-order valence-corrected chi connectivity index (χ4v) is 2.97. The van der Waals surface area contributed by atoms with Crippen LogP contribution in [-0.4, -0.2) is 17.8 Å². The van der Waals surface area contributed by atoms with Gasteiger partial charge in [-0.1, -0.05) is 83.7 Å². The van der Waals surface area contributed by atoms with Gasteiger partial charge in [0.15, 0.2) is 0 Å². The van der Waals surface area contributed by atoms with Gasteiger partial charge in [-0.2, -0.15) is 4.91 Å². The fourth-order valence-electron chi connectivity index (χ4n) is 2.97. The molecule has 0 saturated heterocycles. The van der Waals surface area contributed by atoms with E-state index in [4.69, 9.17) is 0 Å². The van der Waals surface area contributed by atoms with E-state index in [1.165, 1.54) is 38.5 Å². The Balaban J connectivity index is 3.91. The molecule has 0 saturated carbocycles.